The maximum atomic E-state index is 11.1. The van der Waals surface area contributed by atoms with Crippen LogP contribution in [0.3, 0.4) is 0 Å². The zero-order valence-electron chi connectivity index (χ0n) is 13.0. The van der Waals surface area contributed by atoms with Crippen LogP contribution in [0.15, 0.2) is 24.3 Å². The van der Waals surface area contributed by atoms with Crippen LogP contribution in [0.4, 0.5) is 0 Å². The molecule has 1 aromatic carbocycles. The Hall–Kier alpha value is -1.10. The number of piperidine rings is 1. The molecule has 3 N–H and O–H groups in total. The van der Waals surface area contributed by atoms with Crippen molar-refractivity contribution in [3.05, 3.63) is 35.4 Å². The van der Waals surface area contributed by atoms with E-state index in [4.69, 9.17) is 5.73 Å². The van der Waals surface area contributed by atoms with Crippen molar-refractivity contribution < 1.29 is 4.79 Å². The normalized spacial score (nSPS) is 21.4. The third kappa shape index (κ3) is 4.70. The predicted octanol–water partition coefficient (Wildman–Crippen LogP) is 2.17. The first-order chi connectivity index (χ1) is 10.2. The van der Waals surface area contributed by atoms with Crippen LogP contribution >= 0.6 is 12.4 Å². The molecule has 0 bridgehead atoms. The molecule has 1 heterocycles. The molecule has 1 saturated carbocycles. The van der Waals surface area contributed by atoms with Gasteiger partial charge in [0.1, 0.15) is 0 Å². The maximum Gasteiger partial charge on any atom is 0.248 e. The fourth-order valence-corrected chi connectivity index (χ4v) is 3.20. The molecule has 1 aromatic rings. The van der Waals surface area contributed by atoms with Crippen LogP contribution in [0.5, 0.6) is 0 Å². The van der Waals surface area contributed by atoms with Gasteiger partial charge in [-0.2, -0.15) is 0 Å². The molecular weight excluding hydrogens is 298 g/mol. The van der Waals surface area contributed by atoms with Gasteiger partial charge in [-0.1, -0.05) is 12.1 Å². The molecule has 3 rings (SSSR count). The smallest absolute Gasteiger partial charge is 0.248 e. The van der Waals surface area contributed by atoms with Gasteiger partial charge in [-0.05, 0) is 62.4 Å². The third-order valence-electron chi connectivity index (χ3n) is 4.58. The number of amides is 1. The number of benzene rings is 1. The lowest BCUT2D eigenvalue weighted by Gasteiger charge is -2.30. The maximum absolute atomic E-state index is 11.1. The van der Waals surface area contributed by atoms with Gasteiger partial charge in [0.25, 0.3) is 0 Å². The van der Waals surface area contributed by atoms with Gasteiger partial charge in [-0.3, -0.25) is 9.69 Å². The van der Waals surface area contributed by atoms with E-state index in [0.717, 1.165) is 25.0 Å². The molecule has 2 fully saturated rings. The minimum absolute atomic E-state index is 0. The van der Waals surface area contributed by atoms with Gasteiger partial charge >= 0.3 is 0 Å². The summed E-state index contributed by atoms with van der Waals surface area (Å²) in [5.41, 5.74) is 7.16. The molecular formula is C17H26ClN3O. The minimum Gasteiger partial charge on any atom is -0.366 e. The first kappa shape index (κ1) is 17.3. The fourth-order valence-electron chi connectivity index (χ4n) is 3.20. The van der Waals surface area contributed by atoms with Gasteiger partial charge in [-0.25, -0.2) is 0 Å². The SMILES string of the molecule is Cl.NC(=O)c1ccc(CN(CC2CCCNC2)C2CC2)cc1. The standard InChI is InChI=1S/C17H25N3O.ClH/c18-17(21)15-5-3-13(4-6-15)11-20(16-7-8-16)12-14-2-1-9-19-10-14;/h3-6,14,16,19H,1-2,7-12H2,(H2,18,21);1H. The van der Waals surface area contributed by atoms with Crippen LogP contribution in [0, 0.1) is 5.92 Å². The van der Waals surface area contributed by atoms with Crippen LogP contribution in [-0.4, -0.2) is 36.5 Å². The molecule has 1 atom stereocenters. The summed E-state index contributed by atoms with van der Waals surface area (Å²) in [6.45, 7) is 4.51. The van der Waals surface area contributed by atoms with Crippen molar-refractivity contribution >= 4 is 18.3 Å². The number of rotatable bonds is 6. The zero-order chi connectivity index (χ0) is 14.7. The van der Waals surface area contributed by atoms with Crippen LogP contribution in [0.1, 0.15) is 41.6 Å². The zero-order valence-corrected chi connectivity index (χ0v) is 13.8. The summed E-state index contributed by atoms with van der Waals surface area (Å²) < 4.78 is 0. The van der Waals surface area contributed by atoms with E-state index in [1.807, 2.05) is 24.3 Å². The minimum atomic E-state index is -0.353. The second kappa shape index (κ2) is 7.95. The molecule has 0 aromatic heterocycles. The number of hydrogen-bond donors (Lipinski definition) is 2. The van der Waals surface area contributed by atoms with Crippen molar-refractivity contribution in [1.29, 1.82) is 0 Å². The average molecular weight is 324 g/mol. The summed E-state index contributed by atoms with van der Waals surface area (Å²) in [6.07, 6.45) is 5.31. The number of nitrogens with zero attached hydrogens (tertiary/aromatic N) is 1. The molecule has 5 heteroatoms. The van der Waals surface area contributed by atoms with E-state index in [9.17, 15) is 4.79 Å². The first-order valence-corrected chi connectivity index (χ1v) is 8.06. The quantitative estimate of drug-likeness (QED) is 0.843. The number of primary amides is 1. The van der Waals surface area contributed by atoms with Crippen molar-refractivity contribution in [2.24, 2.45) is 11.7 Å². The molecule has 0 spiro atoms. The predicted molar refractivity (Wildman–Crippen MR) is 91.2 cm³/mol. The lowest BCUT2D eigenvalue weighted by atomic mass is 9.98. The molecule has 4 nitrogen and oxygen atoms in total. The molecule has 22 heavy (non-hydrogen) atoms. The fraction of sp³-hybridized carbons (Fsp3) is 0.588. The average Bonchev–Trinajstić information content (AvgIpc) is 3.33. The van der Waals surface area contributed by atoms with Crippen LogP contribution in [0.2, 0.25) is 0 Å². The topological polar surface area (TPSA) is 58.4 Å². The Labute approximate surface area is 138 Å². The molecule has 1 amide bonds. The molecule has 1 aliphatic heterocycles. The summed E-state index contributed by atoms with van der Waals surface area (Å²) in [5, 5.41) is 3.51. The Morgan fingerprint density at radius 2 is 1.95 bits per heavy atom. The van der Waals surface area contributed by atoms with Crippen molar-refractivity contribution in [3.8, 4) is 0 Å². The first-order valence-electron chi connectivity index (χ1n) is 8.06. The highest BCUT2D eigenvalue weighted by atomic mass is 35.5. The summed E-state index contributed by atoms with van der Waals surface area (Å²) in [6, 6.07) is 8.52. The Kier molecular flexibility index (Phi) is 6.24. The van der Waals surface area contributed by atoms with E-state index in [-0.39, 0.29) is 18.3 Å². The second-order valence-electron chi connectivity index (χ2n) is 6.43. The van der Waals surface area contributed by atoms with Crippen LogP contribution < -0.4 is 11.1 Å². The molecule has 1 unspecified atom stereocenters. The van der Waals surface area contributed by atoms with Gasteiger partial charge in [-0.15, -0.1) is 12.4 Å². The van der Waals surface area contributed by atoms with Crippen molar-refractivity contribution in [2.45, 2.75) is 38.3 Å². The number of hydrogen-bond acceptors (Lipinski definition) is 3. The molecule has 122 valence electrons. The number of carbonyl (C=O) groups excluding carboxylic acids is 1. The third-order valence-corrected chi connectivity index (χ3v) is 4.58. The Balaban J connectivity index is 0.00000176. The Morgan fingerprint density at radius 3 is 2.50 bits per heavy atom. The van der Waals surface area contributed by atoms with Crippen molar-refractivity contribution in [2.75, 3.05) is 19.6 Å². The van der Waals surface area contributed by atoms with E-state index in [0.29, 0.717) is 5.56 Å². The number of nitrogens with two attached hydrogens (primary N) is 1. The van der Waals surface area contributed by atoms with E-state index < -0.39 is 0 Å². The highest BCUT2D eigenvalue weighted by molar-refractivity contribution is 5.92. The molecule has 1 aliphatic carbocycles. The molecule has 0 radical (unpaired) electrons. The highest BCUT2D eigenvalue weighted by Crippen LogP contribution is 2.30. The van der Waals surface area contributed by atoms with Gasteiger partial charge in [0, 0.05) is 24.7 Å². The van der Waals surface area contributed by atoms with Gasteiger partial charge in [0.15, 0.2) is 0 Å². The van der Waals surface area contributed by atoms with Gasteiger partial charge < -0.3 is 11.1 Å². The molecule has 2 aliphatic rings. The van der Waals surface area contributed by atoms with E-state index >= 15 is 0 Å². The van der Waals surface area contributed by atoms with Gasteiger partial charge in [0.2, 0.25) is 5.91 Å². The molecule has 1 saturated heterocycles. The van der Waals surface area contributed by atoms with Gasteiger partial charge in [0.05, 0.1) is 0 Å². The summed E-state index contributed by atoms with van der Waals surface area (Å²) >= 11 is 0. The van der Waals surface area contributed by atoms with E-state index in [1.165, 1.54) is 44.3 Å². The van der Waals surface area contributed by atoms with E-state index in [2.05, 4.69) is 10.2 Å². The highest BCUT2D eigenvalue weighted by Gasteiger charge is 2.30. The number of halogens is 1. The number of carbonyl (C=O) groups is 1. The summed E-state index contributed by atoms with van der Waals surface area (Å²) in [5.74, 6) is 0.429. The lowest BCUT2D eigenvalue weighted by Crippen LogP contribution is -2.39. The summed E-state index contributed by atoms with van der Waals surface area (Å²) in [7, 11) is 0. The lowest BCUT2D eigenvalue weighted by molar-refractivity contribution is 0.100. The van der Waals surface area contributed by atoms with E-state index in [1.54, 1.807) is 0 Å². The largest absolute Gasteiger partial charge is 0.366 e. The summed E-state index contributed by atoms with van der Waals surface area (Å²) in [4.78, 5) is 13.7. The second-order valence-corrected chi connectivity index (χ2v) is 6.43. The Morgan fingerprint density at radius 1 is 1.23 bits per heavy atom. The van der Waals surface area contributed by atoms with Crippen molar-refractivity contribution in [3.63, 3.8) is 0 Å². The van der Waals surface area contributed by atoms with Crippen LogP contribution in [-0.2, 0) is 6.54 Å². The van der Waals surface area contributed by atoms with Crippen molar-refractivity contribution in [1.82, 2.24) is 10.2 Å². The van der Waals surface area contributed by atoms with Crippen LogP contribution in [0.25, 0.3) is 0 Å². The number of nitrogens with one attached hydrogen (secondary N) is 1. The monoisotopic (exact) mass is 323 g/mol. The Bertz CT molecular complexity index is 481.